The zero-order valence-corrected chi connectivity index (χ0v) is 8.59. The molecule has 0 amide bonds. The maximum Gasteiger partial charge on any atom is 0.0971 e. The van der Waals surface area contributed by atoms with Crippen molar-refractivity contribution in [3.8, 4) is 0 Å². The summed E-state index contributed by atoms with van der Waals surface area (Å²) in [5, 5.41) is 0. The molecule has 0 heterocycles. The SMILES string of the molecule is CC(S)OC[C@H]1CC2CCC1C2. The van der Waals surface area contributed by atoms with Crippen molar-refractivity contribution in [2.45, 2.75) is 38.0 Å². The predicted molar refractivity (Wildman–Crippen MR) is 53.3 cm³/mol. The Labute approximate surface area is 80.3 Å². The van der Waals surface area contributed by atoms with Gasteiger partial charge in [0.2, 0.25) is 0 Å². The lowest BCUT2D eigenvalue weighted by Gasteiger charge is -2.22. The Kier molecular flexibility index (Phi) is 2.66. The average molecular weight is 186 g/mol. The fourth-order valence-corrected chi connectivity index (χ4v) is 2.93. The van der Waals surface area contributed by atoms with E-state index in [4.69, 9.17) is 4.74 Å². The van der Waals surface area contributed by atoms with Crippen molar-refractivity contribution in [2.24, 2.45) is 17.8 Å². The zero-order chi connectivity index (χ0) is 8.55. The zero-order valence-electron chi connectivity index (χ0n) is 7.70. The van der Waals surface area contributed by atoms with Crippen LogP contribution in [-0.4, -0.2) is 12.0 Å². The Morgan fingerprint density at radius 3 is 2.75 bits per heavy atom. The first-order valence-corrected chi connectivity index (χ1v) is 5.57. The van der Waals surface area contributed by atoms with Gasteiger partial charge in [-0.25, -0.2) is 0 Å². The molecule has 12 heavy (non-hydrogen) atoms. The van der Waals surface area contributed by atoms with Crippen LogP contribution < -0.4 is 0 Å². The molecule has 3 unspecified atom stereocenters. The first kappa shape index (κ1) is 8.89. The van der Waals surface area contributed by atoms with Crippen LogP contribution in [0.2, 0.25) is 0 Å². The van der Waals surface area contributed by atoms with Gasteiger partial charge in [-0.3, -0.25) is 0 Å². The summed E-state index contributed by atoms with van der Waals surface area (Å²) >= 11 is 4.22. The third-order valence-corrected chi connectivity index (χ3v) is 3.59. The number of fused-ring (bicyclic) bond motifs is 2. The number of hydrogen-bond acceptors (Lipinski definition) is 2. The Bertz CT molecular complexity index is 158. The van der Waals surface area contributed by atoms with Gasteiger partial charge in [0.1, 0.15) is 0 Å². The first-order chi connectivity index (χ1) is 5.75. The molecular formula is C10H18OS. The summed E-state index contributed by atoms with van der Waals surface area (Å²) in [6, 6.07) is 0. The molecule has 2 saturated carbocycles. The summed E-state index contributed by atoms with van der Waals surface area (Å²) < 4.78 is 5.54. The minimum absolute atomic E-state index is 0.115. The monoisotopic (exact) mass is 186 g/mol. The fraction of sp³-hybridized carbons (Fsp3) is 1.00. The van der Waals surface area contributed by atoms with Crippen molar-refractivity contribution in [3.05, 3.63) is 0 Å². The number of ether oxygens (including phenoxy) is 1. The van der Waals surface area contributed by atoms with Crippen molar-refractivity contribution < 1.29 is 4.74 Å². The smallest absolute Gasteiger partial charge is 0.0971 e. The molecule has 70 valence electrons. The summed E-state index contributed by atoms with van der Waals surface area (Å²) in [7, 11) is 0. The van der Waals surface area contributed by atoms with Gasteiger partial charge in [-0.15, -0.1) is 12.6 Å². The normalized spacial score (nSPS) is 42.0. The highest BCUT2D eigenvalue weighted by Crippen LogP contribution is 2.48. The van der Waals surface area contributed by atoms with Gasteiger partial charge >= 0.3 is 0 Å². The quantitative estimate of drug-likeness (QED) is 0.526. The van der Waals surface area contributed by atoms with E-state index in [2.05, 4.69) is 12.6 Å². The number of hydrogen-bond donors (Lipinski definition) is 1. The van der Waals surface area contributed by atoms with Crippen LogP contribution in [0.4, 0.5) is 0 Å². The van der Waals surface area contributed by atoms with Crippen molar-refractivity contribution in [1.82, 2.24) is 0 Å². The molecular weight excluding hydrogens is 168 g/mol. The van der Waals surface area contributed by atoms with E-state index >= 15 is 0 Å². The van der Waals surface area contributed by atoms with Gasteiger partial charge in [0.05, 0.1) is 12.0 Å². The third kappa shape index (κ3) is 1.80. The van der Waals surface area contributed by atoms with Crippen LogP contribution >= 0.6 is 12.6 Å². The molecule has 2 bridgehead atoms. The summed E-state index contributed by atoms with van der Waals surface area (Å²) in [5.41, 5.74) is 0.115. The van der Waals surface area contributed by atoms with Gasteiger partial charge < -0.3 is 4.74 Å². The van der Waals surface area contributed by atoms with Crippen molar-refractivity contribution in [1.29, 1.82) is 0 Å². The Morgan fingerprint density at radius 1 is 1.42 bits per heavy atom. The van der Waals surface area contributed by atoms with Crippen LogP contribution in [0.3, 0.4) is 0 Å². The summed E-state index contributed by atoms with van der Waals surface area (Å²) in [5.74, 6) is 2.89. The second kappa shape index (κ2) is 3.59. The second-order valence-corrected chi connectivity index (χ2v) is 5.09. The number of rotatable bonds is 3. The van der Waals surface area contributed by atoms with Crippen molar-refractivity contribution in [3.63, 3.8) is 0 Å². The van der Waals surface area contributed by atoms with E-state index in [1.54, 1.807) is 0 Å². The van der Waals surface area contributed by atoms with Gasteiger partial charge in [-0.05, 0) is 43.9 Å². The largest absolute Gasteiger partial charge is 0.368 e. The van der Waals surface area contributed by atoms with Crippen LogP contribution in [0.1, 0.15) is 32.6 Å². The van der Waals surface area contributed by atoms with Crippen molar-refractivity contribution in [2.75, 3.05) is 6.61 Å². The van der Waals surface area contributed by atoms with Crippen LogP contribution in [0.15, 0.2) is 0 Å². The molecule has 2 aliphatic rings. The van der Waals surface area contributed by atoms with Crippen LogP contribution in [0.25, 0.3) is 0 Å². The van der Waals surface area contributed by atoms with E-state index in [1.165, 1.54) is 25.7 Å². The minimum atomic E-state index is 0.115. The molecule has 0 aromatic rings. The lowest BCUT2D eigenvalue weighted by molar-refractivity contribution is 0.0714. The predicted octanol–water partition coefficient (Wildman–Crippen LogP) is 2.72. The maximum atomic E-state index is 5.54. The lowest BCUT2D eigenvalue weighted by Crippen LogP contribution is -2.18. The minimum Gasteiger partial charge on any atom is -0.368 e. The third-order valence-electron chi connectivity index (χ3n) is 3.44. The highest BCUT2D eigenvalue weighted by molar-refractivity contribution is 7.80. The molecule has 0 spiro atoms. The second-order valence-electron chi connectivity index (χ2n) is 4.37. The van der Waals surface area contributed by atoms with E-state index in [1.807, 2.05) is 6.92 Å². The van der Waals surface area contributed by atoms with E-state index in [0.717, 1.165) is 24.4 Å². The Hall–Kier alpha value is 0.310. The molecule has 1 nitrogen and oxygen atoms in total. The van der Waals surface area contributed by atoms with Crippen molar-refractivity contribution >= 4 is 12.6 Å². The molecule has 0 aromatic carbocycles. The maximum absolute atomic E-state index is 5.54. The van der Waals surface area contributed by atoms with E-state index in [0.29, 0.717) is 0 Å². The topological polar surface area (TPSA) is 9.23 Å². The lowest BCUT2D eigenvalue weighted by atomic mass is 9.90. The molecule has 0 aliphatic heterocycles. The summed E-state index contributed by atoms with van der Waals surface area (Å²) in [6.45, 7) is 2.95. The van der Waals surface area contributed by atoms with E-state index < -0.39 is 0 Å². The molecule has 2 fully saturated rings. The van der Waals surface area contributed by atoms with Gasteiger partial charge in [-0.2, -0.15) is 0 Å². The Morgan fingerprint density at radius 2 is 2.25 bits per heavy atom. The highest BCUT2D eigenvalue weighted by atomic mass is 32.1. The molecule has 0 aromatic heterocycles. The highest BCUT2D eigenvalue weighted by Gasteiger charge is 2.39. The van der Waals surface area contributed by atoms with Crippen LogP contribution in [-0.2, 0) is 4.74 Å². The standard InChI is InChI=1S/C10H18OS/c1-7(12)11-6-10-5-8-2-3-9(10)4-8/h7-10,12H,2-6H2,1H3/t7?,8?,9?,10-/m1/s1. The van der Waals surface area contributed by atoms with E-state index in [-0.39, 0.29) is 5.44 Å². The fourth-order valence-electron chi connectivity index (χ4n) is 2.84. The van der Waals surface area contributed by atoms with Gasteiger partial charge in [-0.1, -0.05) is 6.42 Å². The average Bonchev–Trinajstić information content (AvgIpc) is 2.60. The van der Waals surface area contributed by atoms with Gasteiger partial charge in [0, 0.05) is 0 Å². The van der Waals surface area contributed by atoms with Gasteiger partial charge in [0.25, 0.3) is 0 Å². The molecule has 0 radical (unpaired) electrons. The summed E-state index contributed by atoms with van der Waals surface area (Å²) in [4.78, 5) is 0. The summed E-state index contributed by atoms with van der Waals surface area (Å²) in [6.07, 6.45) is 5.84. The molecule has 2 heteroatoms. The molecule has 0 saturated heterocycles. The first-order valence-electron chi connectivity index (χ1n) is 5.05. The van der Waals surface area contributed by atoms with E-state index in [9.17, 15) is 0 Å². The number of thiol groups is 1. The van der Waals surface area contributed by atoms with Crippen LogP contribution in [0.5, 0.6) is 0 Å². The molecule has 0 N–H and O–H groups in total. The van der Waals surface area contributed by atoms with Crippen LogP contribution in [0, 0.1) is 17.8 Å². The molecule has 4 atom stereocenters. The Balaban J connectivity index is 1.76. The molecule has 2 aliphatic carbocycles. The molecule has 2 rings (SSSR count). The van der Waals surface area contributed by atoms with Gasteiger partial charge in [0.15, 0.2) is 0 Å².